The molecule has 0 N–H and O–H groups in total. The summed E-state index contributed by atoms with van der Waals surface area (Å²) in [6.07, 6.45) is 16.9. The third-order valence-corrected chi connectivity index (χ3v) is 8.03. The molecule has 1 heterocycles. The Morgan fingerprint density at radius 1 is 0.825 bits per heavy atom. The topological polar surface area (TPSA) is 61.8 Å². The Balaban J connectivity index is 0.00000420. The van der Waals surface area contributed by atoms with Crippen LogP contribution >= 0.6 is 31.8 Å². The van der Waals surface area contributed by atoms with Gasteiger partial charge in [-0.05, 0) is 68.5 Å². The zero-order valence-electron chi connectivity index (χ0n) is 24.8. The Bertz CT molecular complexity index is 1060. The van der Waals surface area contributed by atoms with Gasteiger partial charge in [0, 0.05) is 46.9 Å². The first kappa shape index (κ1) is 35.1. The van der Waals surface area contributed by atoms with Crippen LogP contribution in [-0.4, -0.2) is 11.8 Å². The molecular weight excluding hydrogens is 577 g/mol. The number of hydrogen-bond acceptors (Lipinski definition) is 5. The van der Waals surface area contributed by atoms with Gasteiger partial charge < -0.3 is 15.0 Å². The van der Waals surface area contributed by atoms with Crippen LogP contribution < -0.4 is 38.6 Å². The minimum absolute atomic E-state index is 0. The van der Waals surface area contributed by atoms with Crippen LogP contribution in [0.2, 0.25) is 10.0 Å². The van der Waals surface area contributed by atoms with Crippen molar-refractivity contribution in [1.82, 2.24) is 0 Å². The van der Waals surface area contributed by atoms with E-state index in [-0.39, 0.29) is 43.2 Å². The molecule has 214 valence electrons. The summed E-state index contributed by atoms with van der Waals surface area (Å²) in [5.74, 6) is 0.915. The minimum Gasteiger partial charge on any atom is -1.00 e. The van der Waals surface area contributed by atoms with Crippen molar-refractivity contribution in [3.63, 3.8) is 0 Å². The molecule has 0 spiro atoms. The van der Waals surface area contributed by atoms with Crippen LogP contribution in [0.5, 0.6) is 11.5 Å². The second kappa shape index (κ2) is 19.9. The zero-order chi connectivity index (χ0) is 27.9. The van der Waals surface area contributed by atoms with E-state index < -0.39 is 14.6 Å². The number of allylic oxidation sites excluding steroid dienone is 2. The average Bonchev–Trinajstić information content (AvgIpc) is 2.89. The molecule has 2 aromatic rings. The van der Waals surface area contributed by atoms with Gasteiger partial charge in [0.05, 0.1) is 0 Å². The van der Waals surface area contributed by atoms with Crippen molar-refractivity contribution in [1.29, 1.82) is 0 Å². The summed E-state index contributed by atoms with van der Waals surface area (Å²) < 4.78 is 17.5. The number of rotatable bonds is 16. The van der Waals surface area contributed by atoms with Gasteiger partial charge in [0.25, 0.3) is 0 Å². The monoisotopic (exact) mass is 616 g/mol. The molecule has 5 nitrogen and oxygen atoms in total. The molecule has 2 aromatic carbocycles. The van der Waals surface area contributed by atoms with E-state index in [2.05, 4.69) is 19.1 Å². The van der Waals surface area contributed by atoms with E-state index in [0.29, 0.717) is 53.6 Å². The Morgan fingerprint density at radius 2 is 1.40 bits per heavy atom. The van der Waals surface area contributed by atoms with Crippen LogP contribution in [0.1, 0.15) is 103 Å². The zero-order valence-corrected chi connectivity index (χ0v) is 28.2. The van der Waals surface area contributed by atoms with Crippen LogP contribution in [0.3, 0.4) is 0 Å². The van der Waals surface area contributed by atoms with Gasteiger partial charge in [-0.25, -0.2) is 0 Å². The van der Waals surface area contributed by atoms with Crippen molar-refractivity contribution >= 4 is 43.6 Å². The van der Waals surface area contributed by atoms with Gasteiger partial charge in [-0.15, -0.1) is 0 Å². The normalized spacial score (nSPS) is 12.8. The van der Waals surface area contributed by atoms with Crippen LogP contribution in [0.15, 0.2) is 48.6 Å². The van der Waals surface area contributed by atoms with Crippen LogP contribution in [0, 0.1) is 0 Å². The van der Waals surface area contributed by atoms with Crippen molar-refractivity contribution < 1.29 is 54.1 Å². The van der Waals surface area contributed by atoms with E-state index in [1.165, 1.54) is 38.5 Å². The van der Waals surface area contributed by atoms with E-state index >= 15 is 0 Å². The van der Waals surface area contributed by atoms with E-state index in [9.17, 15) is 9.59 Å². The summed E-state index contributed by atoms with van der Waals surface area (Å²) >= 11 is 12.4. The van der Waals surface area contributed by atoms with Gasteiger partial charge in [0.15, 0.2) is 0 Å². The van der Waals surface area contributed by atoms with Crippen molar-refractivity contribution in [3.05, 3.63) is 69.7 Å². The van der Waals surface area contributed by atoms with Crippen molar-refractivity contribution in [2.24, 2.45) is 0 Å². The molecule has 0 fully saturated rings. The number of hydrogen-bond donors (Lipinski definition) is 0. The summed E-state index contributed by atoms with van der Waals surface area (Å²) in [4.78, 5) is 24.7. The third kappa shape index (κ3) is 13.3. The Hall–Kier alpha value is -1.07. The number of benzene rings is 2. The first-order chi connectivity index (χ1) is 18.9. The standard InChI is InChI=1S/C31H39Cl2O5P.Na.H/c1-2-3-4-5-6-7-8-9-10-11-14-28(34)15-12-13-16-31(35)38-39-36-29-19-17-26(32)22-24(29)21-25-23-27(33)18-20-30(25)37-39;;/h9-10,17-20,22-23H,2-8,11-16,21H2,1H3;;/q;+1;-1/b10-9-;;. The molecule has 0 amide bonds. The Kier molecular flexibility index (Phi) is 17.5. The summed E-state index contributed by atoms with van der Waals surface area (Å²) in [6.45, 7) is 2.23. The fourth-order valence-electron chi connectivity index (χ4n) is 4.34. The summed E-state index contributed by atoms with van der Waals surface area (Å²) in [7, 11) is -2.01. The summed E-state index contributed by atoms with van der Waals surface area (Å²) in [5.41, 5.74) is 1.71. The molecule has 0 atom stereocenters. The molecule has 40 heavy (non-hydrogen) atoms. The maximum absolute atomic E-state index is 12.6. The number of Topliss-reactive ketones (excluding diaryl/α,β-unsaturated/α-hetero) is 1. The number of ketones is 1. The largest absolute Gasteiger partial charge is 1.00 e. The number of unbranched alkanes of at least 4 members (excludes halogenated alkanes) is 7. The van der Waals surface area contributed by atoms with Gasteiger partial charge in [0.1, 0.15) is 17.3 Å². The molecule has 1 aliphatic heterocycles. The van der Waals surface area contributed by atoms with Gasteiger partial charge in [-0.3, -0.25) is 9.59 Å². The number of carbonyl (C=O) groups excluding carboxylic acids is 2. The number of carbonyl (C=O) groups is 2. The van der Waals surface area contributed by atoms with E-state index in [4.69, 9.17) is 36.8 Å². The first-order valence-corrected chi connectivity index (χ1v) is 15.9. The maximum atomic E-state index is 12.6. The Morgan fingerprint density at radius 3 is 2.05 bits per heavy atom. The van der Waals surface area contributed by atoms with E-state index in [1.807, 2.05) is 12.1 Å². The van der Waals surface area contributed by atoms with E-state index in [0.717, 1.165) is 24.0 Å². The van der Waals surface area contributed by atoms with Crippen LogP contribution in [0.4, 0.5) is 0 Å². The summed E-state index contributed by atoms with van der Waals surface area (Å²) in [6, 6.07) is 10.6. The Labute approximate surface area is 274 Å². The molecule has 0 radical (unpaired) electrons. The maximum Gasteiger partial charge on any atom is 1.00 e. The first-order valence-electron chi connectivity index (χ1n) is 14.0. The molecular formula is C31H40Cl2NaO5P. The molecule has 9 heteroatoms. The molecule has 0 aromatic heterocycles. The molecule has 3 rings (SSSR count). The van der Waals surface area contributed by atoms with E-state index in [1.54, 1.807) is 24.3 Å². The predicted octanol–water partition coefficient (Wildman–Crippen LogP) is 7.46. The minimum atomic E-state index is -2.01. The van der Waals surface area contributed by atoms with Crippen LogP contribution in [0.25, 0.3) is 0 Å². The molecule has 0 aliphatic carbocycles. The quantitative estimate of drug-likeness (QED) is 0.0848. The number of fused-ring (bicyclic) bond motifs is 2. The van der Waals surface area contributed by atoms with Crippen molar-refractivity contribution in [3.8, 4) is 11.5 Å². The fraction of sp³-hybridized carbons (Fsp3) is 0.484. The number of halogens is 2. The van der Waals surface area contributed by atoms with Gasteiger partial charge in [-0.2, -0.15) is 0 Å². The second-order valence-electron chi connectivity index (χ2n) is 9.86. The van der Waals surface area contributed by atoms with Gasteiger partial charge >= 0.3 is 44.1 Å². The molecule has 0 saturated carbocycles. The van der Waals surface area contributed by atoms with Crippen LogP contribution in [-0.2, 0) is 20.5 Å². The third-order valence-electron chi connectivity index (χ3n) is 6.52. The fourth-order valence-corrected chi connectivity index (χ4v) is 5.78. The SMILES string of the molecule is CCCCCCCC/C=C\CCC(=O)CCCCC(=O)OP1Oc2ccc(Cl)cc2Cc2cc(Cl)ccc2O1.[H-].[Na+]. The predicted molar refractivity (Wildman–Crippen MR) is 161 cm³/mol. The smallest absolute Gasteiger partial charge is 1.00 e. The second-order valence-corrected chi connectivity index (χ2v) is 11.7. The summed E-state index contributed by atoms with van der Waals surface area (Å²) in [5, 5.41) is 1.17. The van der Waals surface area contributed by atoms with Gasteiger partial charge in [-0.1, -0.05) is 74.4 Å². The van der Waals surface area contributed by atoms with Crippen molar-refractivity contribution in [2.75, 3.05) is 0 Å². The van der Waals surface area contributed by atoms with Crippen molar-refractivity contribution in [2.45, 2.75) is 96.8 Å². The molecule has 0 bridgehead atoms. The molecule has 0 saturated heterocycles. The average molecular weight is 618 g/mol. The van der Waals surface area contributed by atoms with Gasteiger partial charge in [0.2, 0.25) is 0 Å². The molecule has 0 unspecified atom stereocenters. The molecule has 1 aliphatic rings.